The molecule has 3 nitrogen and oxygen atoms in total. The van der Waals surface area contributed by atoms with Crippen LogP contribution in [0.2, 0.25) is 0 Å². The summed E-state index contributed by atoms with van der Waals surface area (Å²) in [6.07, 6.45) is 2.26. The summed E-state index contributed by atoms with van der Waals surface area (Å²) in [5.74, 6) is -0.689. The molecule has 0 saturated carbocycles. The van der Waals surface area contributed by atoms with E-state index >= 15 is 0 Å². The zero-order chi connectivity index (χ0) is 13.7. The maximum Gasteiger partial charge on any atom is 0.138 e. The maximum absolute atomic E-state index is 13.4. The first-order chi connectivity index (χ1) is 9.19. The summed E-state index contributed by atoms with van der Waals surface area (Å²) in [6, 6.07) is 6.95. The van der Waals surface area contributed by atoms with Gasteiger partial charge in [0.05, 0.1) is 6.20 Å². The quantitative estimate of drug-likeness (QED) is 0.902. The number of hydrogen-bond donors (Lipinski definition) is 1. The van der Waals surface area contributed by atoms with Crippen molar-refractivity contribution in [2.24, 2.45) is 5.73 Å². The van der Waals surface area contributed by atoms with Gasteiger partial charge in [0.15, 0.2) is 0 Å². The standard InChI is InChI=1S/C14H14F2N2O/c15-11-2-1-10(14(16)7-11)9-19-13-4-3-12(5-6-17)18-8-13/h1-4,7-8H,5-6,9,17H2. The molecule has 2 aromatic rings. The second-order valence-corrected chi connectivity index (χ2v) is 4.05. The van der Waals surface area contributed by atoms with E-state index in [0.717, 1.165) is 11.8 Å². The second-order valence-electron chi connectivity index (χ2n) is 4.05. The van der Waals surface area contributed by atoms with E-state index < -0.39 is 11.6 Å². The minimum absolute atomic E-state index is 0.0318. The Morgan fingerprint density at radius 2 is 2.00 bits per heavy atom. The Balaban J connectivity index is 1.98. The summed E-state index contributed by atoms with van der Waals surface area (Å²) in [5, 5.41) is 0. The second kappa shape index (κ2) is 6.24. The molecule has 2 N–H and O–H groups in total. The molecule has 1 heterocycles. The van der Waals surface area contributed by atoms with Crippen molar-refractivity contribution in [1.82, 2.24) is 4.98 Å². The number of benzene rings is 1. The minimum atomic E-state index is -0.618. The molecule has 0 atom stereocenters. The Morgan fingerprint density at radius 1 is 1.16 bits per heavy atom. The fourth-order valence-corrected chi connectivity index (χ4v) is 1.59. The summed E-state index contributed by atoms with van der Waals surface area (Å²) in [4.78, 5) is 4.16. The molecular weight excluding hydrogens is 250 g/mol. The van der Waals surface area contributed by atoms with Crippen LogP contribution < -0.4 is 10.5 Å². The largest absolute Gasteiger partial charge is 0.487 e. The lowest BCUT2D eigenvalue weighted by Crippen LogP contribution is -2.04. The number of halogens is 2. The zero-order valence-corrected chi connectivity index (χ0v) is 10.3. The number of aromatic nitrogens is 1. The number of nitrogens with zero attached hydrogens (tertiary/aromatic N) is 1. The number of ether oxygens (including phenoxy) is 1. The van der Waals surface area contributed by atoms with Gasteiger partial charge in [-0.3, -0.25) is 4.98 Å². The van der Waals surface area contributed by atoms with E-state index in [2.05, 4.69) is 4.98 Å². The minimum Gasteiger partial charge on any atom is -0.487 e. The molecule has 0 amide bonds. The van der Waals surface area contributed by atoms with Crippen molar-refractivity contribution in [3.05, 3.63) is 59.4 Å². The fraction of sp³-hybridized carbons (Fsp3) is 0.214. The Morgan fingerprint density at radius 3 is 2.63 bits per heavy atom. The van der Waals surface area contributed by atoms with Crippen molar-refractivity contribution in [3.63, 3.8) is 0 Å². The van der Waals surface area contributed by atoms with Crippen LogP contribution in [0.15, 0.2) is 36.5 Å². The Hall–Kier alpha value is -2.01. The normalized spacial score (nSPS) is 10.5. The van der Waals surface area contributed by atoms with E-state index in [1.807, 2.05) is 6.07 Å². The van der Waals surface area contributed by atoms with Crippen LogP contribution in [0.5, 0.6) is 5.75 Å². The Labute approximate surface area is 110 Å². The van der Waals surface area contributed by atoms with Crippen LogP contribution in [-0.2, 0) is 13.0 Å². The highest BCUT2D eigenvalue weighted by molar-refractivity contribution is 5.22. The SMILES string of the molecule is NCCc1ccc(OCc2ccc(F)cc2F)cn1. The maximum atomic E-state index is 13.4. The summed E-state index contributed by atoms with van der Waals surface area (Å²) < 4.78 is 31.5. The predicted molar refractivity (Wildman–Crippen MR) is 67.7 cm³/mol. The van der Waals surface area contributed by atoms with Gasteiger partial charge in [-0.25, -0.2) is 8.78 Å². The first-order valence-corrected chi connectivity index (χ1v) is 5.91. The lowest BCUT2D eigenvalue weighted by Gasteiger charge is -2.07. The molecule has 0 unspecified atom stereocenters. The number of nitrogens with two attached hydrogens (primary N) is 1. The summed E-state index contributed by atoms with van der Waals surface area (Å²) in [6.45, 7) is 0.567. The molecule has 0 fully saturated rings. The first kappa shape index (κ1) is 13.4. The van der Waals surface area contributed by atoms with Crippen LogP contribution in [0, 0.1) is 11.6 Å². The third-order valence-electron chi connectivity index (χ3n) is 2.61. The van der Waals surface area contributed by atoms with Gasteiger partial charge in [0.25, 0.3) is 0 Å². The van der Waals surface area contributed by atoms with Crippen molar-refractivity contribution in [1.29, 1.82) is 0 Å². The monoisotopic (exact) mass is 264 g/mol. The molecule has 0 radical (unpaired) electrons. The molecule has 0 bridgehead atoms. The molecule has 1 aromatic heterocycles. The van der Waals surface area contributed by atoms with E-state index in [4.69, 9.17) is 10.5 Å². The average Bonchev–Trinajstić information content (AvgIpc) is 2.40. The van der Waals surface area contributed by atoms with Crippen molar-refractivity contribution >= 4 is 0 Å². The van der Waals surface area contributed by atoms with Crippen LogP contribution in [0.1, 0.15) is 11.3 Å². The van der Waals surface area contributed by atoms with Crippen molar-refractivity contribution in [3.8, 4) is 5.75 Å². The molecule has 19 heavy (non-hydrogen) atoms. The van der Waals surface area contributed by atoms with Gasteiger partial charge >= 0.3 is 0 Å². The molecule has 100 valence electrons. The summed E-state index contributed by atoms with van der Waals surface area (Å²) in [7, 11) is 0. The number of rotatable bonds is 5. The zero-order valence-electron chi connectivity index (χ0n) is 10.3. The topological polar surface area (TPSA) is 48.1 Å². The fourth-order valence-electron chi connectivity index (χ4n) is 1.59. The van der Waals surface area contributed by atoms with Gasteiger partial charge in [-0.05, 0) is 30.8 Å². The highest BCUT2D eigenvalue weighted by Crippen LogP contribution is 2.15. The van der Waals surface area contributed by atoms with Crippen molar-refractivity contribution in [2.45, 2.75) is 13.0 Å². The van der Waals surface area contributed by atoms with Crippen LogP contribution in [0.4, 0.5) is 8.78 Å². The first-order valence-electron chi connectivity index (χ1n) is 5.91. The van der Waals surface area contributed by atoms with Crippen LogP contribution in [0.25, 0.3) is 0 Å². The van der Waals surface area contributed by atoms with Gasteiger partial charge in [-0.15, -0.1) is 0 Å². The van der Waals surface area contributed by atoms with E-state index in [1.54, 1.807) is 12.3 Å². The van der Waals surface area contributed by atoms with E-state index in [-0.39, 0.29) is 6.61 Å². The molecule has 5 heteroatoms. The van der Waals surface area contributed by atoms with Crippen LogP contribution in [-0.4, -0.2) is 11.5 Å². The molecule has 1 aromatic carbocycles. The molecule has 0 aliphatic rings. The highest BCUT2D eigenvalue weighted by atomic mass is 19.1. The smallest absolute Gasteiger partial charge is 0.138 e. The molecule has 0 saturated heterocycles. The average molecular weight is 264 g/mol. The van der Waals surface area contributed by atoms with E-state index in [0.29, 0.717) is 24.3 Å². The van der Waals surface area contributed by atoms with E-state index in [9.17, 15) is 8.78 Å². The highest BCUT2D eigenvalue weighted by Gasteiger charge is 2.05. The lowest BCUT2D eigenvalue weighted by atomic mass is 10.2. The third-order valence-corrected chi connectivity index (χ3v) is 2.61. The molecule has 0 aliphatic heterocycles. The molecule has 0 spiro atoms. The van der Waals surface area contributed by atoms with Gasteiger partial charge in [0.1, 0.15) is 24.0 Å². The molecular formula is C14H14F2N2O. The van der Waals surface area contributed by atoms with Gasteiger partial charge < -0.3 is 10.5 Å². The van der Waals surface area contributed by atoms with Gasteiger partial charge in [-0.2, -0.15) is 0 Å². The van der Waals surface area contributed by atoms with Gasteiger partial charge in [0.2, 0.25) is 0 Å². The number of pyridine rings is 1. The third kappa shape index (κ3) is 3.72. The van der Waals surface area contributed by atoms with E-state index in [1.165, 1.54) is 12.1 Å². The van der Waals surface area contributed by atoms with Crippen LogP contribution in [0.3, 0.4) is 0 Å². The summed E-state index contributed by atoms with van der Waals surface area (Å²) >= 11 is 0. The van der Waals surface area contributed by atoms with Gasteiger partial charge in [0, 0.05) is 23.7 Å². The predicted octanol–water partition coefficient (Wildman–Crippen LogP) is 2.44. The van der Waals surface area contributed by atoms with Gasteiger partial charge in [-0.1, -0.05) is 0 Å². The number of hydrogen-bond acceptors (Lipinski definition) is 3. The Kier molecular flexibility index (Phi) is 4.41. The molecule has 0 aliphatic carbocycles. The lowest BCUT2D eigenvalue weighted by molar-refractivity contribution is 0.298. The Bertz CT molecular complexity index is 544. The summed E-state index contributed by atoms with van der Waals surface area (Å²) in [5.41, 5.74) is 6.59. The van der Waals surface area contributed by atoms with Crippen LogP contribution >= 0.6 is 0 Å². The van der Waals surface area contributed by atoms with Crippen molar-refractivity contribution in [2.75, 3.05) is 6.54 Å². The van der Waals surface area contributed by atoms with Crippen molar-refractivity contribution < 1.29 is 13.5 Å². The molecule has 2 rings (SSSR count).